The van der Waals surface area contributed by atoms with E-state index in [0.717, 1.165) is 6.08 Å². The van der Waals surface area contributed by atoms with Crippen molar-refractivity contribution < 1.29 is 13.9 Å². The summed E-state index contributed by atoms with van der Waals surface area (Å²) in [7, 11) is 1.34. The minimum absolute atomic E-state index is 0.0588. The largest absolute Gasteiger partial charge is 0.494 e. The maximum atomic E-state index is 13.6. The molecule has 15 heavy (non-hydrogen) atoms. The van der Waals surface area contributed by atoms with Gasteiger partial charge in [-0.3, -0.25) is 4.79 Å². The van der Waals surface area contributed by atoms with Gasteiger partial charge in [0, 0.05) is 11.6 Å². The summed E-state index contributed by atoms with van der Waals surface area (Å²) in [6.45, 7) is 0. The molecule has 0 aliphatic heterocycles. The van der Waals surface area contributed by atoms with E-state index in [9.17, 15) is 9.18 Å². The smallest absolute Gasteiger partial charge is 0.241 e. The Morgan fingerprint density at radius 1 is 1.60 bits per heavy atom. The van der Waals surface area contributed by atoms with Crippen LogP contribution in [0.15, 0.2) is 18.2 Å². The predicted molar refractivity (Wildman–Crippen MR) is 56.2 cm³/mol. The third kappa shape index (κ3) is 2.70. The predicted octanol–water partition coefficient (Wildman–Crippen LogP) is 1.99. The molecule has 0 unspecified atom stereocenters. The van der Waals surface area contributed by atoms with Crippen molar-refractivity contribution >= 4 is 23.6 Å². The number of benzene rings is 1. The number of methoxy groups -OCH3 is 1. The van der Waals surface area contributed by atoms with Crippen molar-refractivity contribution in [3.63, 3.8) is 0 Å². The van der Waals surface area contributed by atoms with Crippen LogP contribution in [0.5, 0.6) is 5.75 Å². The van der Waals surface area contributed by atoms with Crippen molar-refractivity contribution in [2.45, 2.75) is 0 Å². The van der Waals surface area contributed by atoms with Gasteiger partial charge in [-0.25, -0.2) is 4.39 Å². The average Bonchev–Trinajstić information content (AvgIpc) is 2.17. The third-order valence-corrected chi connectivity index (χ3v) is 2.05. The van der Waals surface area contributed by atoms with Crippen LogP contribution in [0.3, 0.4) is 0 Å². The van der Waals surface area contributed by atoms with E-state index in [2.05, 4.69) is 0 Å². The first kappa shape index (κ1) is 11.5. The lowest BCUT2D eigenvalue weighted by Gasteiger charge is -2.05. The number of nitrogens with two attached hydrogens (primary N) is 1. The van der Waals surface area contributed by atoms with Crippen molar-refractivity contribution in [3.8, 4) is 5.75 Å². The first-order chi connectivity index (χ1) is 7.06. The molecule has 0 heterocycles. The van der Waals surface area contributed by atoms with E-state index in [1.165, 1.54) is 25.3 Å². The molecule has 80 valence electrons. The molecule has 0 spiro atoms. The quantitative estimate of drug-likeness (QED) is 0.806. The summed E-state index contributed by atoms with van der Waals surface area (Å²) in [6.07, 6.45) is 2.24. The van der Waals surface area contributed by atoms with E-state index in [4.69, 9.17) is 22.1 Å². The van der Waals surface area contributed by atoms with Gasteiger partial charge in [0.1, 0.15) is 0 Å². The highest BCUT2D eigenvalue weighted by Crippen LogP contribution is 2.27. The Kier molecular flexibility index (Phi) is 3.68. The minimum atomic E-state index is -0.673. The Hall–Kier alpha value is -1.55. The number of hydrogen-bond acceptors (Lipinski definition) is 2. The van der Waals surface area contributed by atoms with Crippen molar-refractivity contribution in [1.82, 2.24) is 0 Å². The highest BCUT2D eigenvalue weighted by atomic mass is 35.5. The van der Waals surface area contributed by atoms with E-state index in [-0.39, 0.29) is 16.3 Å². The molecule has 0 aromatic heterocycles. The molecule has 0 fully saturated rings. The zero-order chi connectivity index (χ0) is 11.4. The fraction of sp³-hybridized carbons (Fsp3) is 0.100. The molecule has 1 aromatic rings. The van der Waals surface area contributed by atoms with Gasteiger partial charge in [-0.2, -0.15) is 0 Å². The van der Waals surface area contributed by atoms with Gasteiger partial charge < -0.3 is 10.5 Å². The molecular formula is C10H9ClFNO2. The third-order valence-electron chi connectivity index (χ3n) is 1.73. The number of ether oxygens (including phenoxy) is 1. The maximum Gasteiger partial charge on any atom is 0.241 e. The molecule has 0 bridgehead atoms. The average molecular weight is 230 g/mol. The van der Waals surface area contributed by atoms with Crippen molar-refractivity contribution in [2.75, 3.05) is 7.11 Å². The molecule has 0 atom stereocenters. The topological polar surface area (TPSA) is 52.3 Å². The second-order valence-electron chi connectivity index (χ2n) is 2.71. The van der Waals surface area contributed by atoms with Crippen LogP contribution in [0.4, 0.5) is 4.39 Å². The first-order valence-corrected chi connectivity index (χ1v) is 4.43. The molecule has 0 saturated heterocycles. The number of rotatable bonds is 3. The van der Waals surface area contributed by atoms with Crippen LogP contribution in [0.1, 0.15) is 5.56 Å². The van der Waals surface area contributed by atoms with Crippen LogP contribution in [-0.4, -0.2) is 13.0 Å². The number of hydrogen-bond donors (Lipinski definition) is 1. The molecule has 1 rings (SSSR count). The molecule has 0 aliphatic carbocycles. The monoisotopic (exact) mass is 229 g/mol. The summed E-state index contributed by atoms with van der Waals surface area (Å²) < 4.78 is 18.3. The van der Waals surface area contributed by atoms with Gasteiger partial charge in [0.2, 0.25) is 5.91 Å². The van der Waals surface area contributed by atoms with Gasteiger partial charge in [0.25, 0.3) is 0 Å². The van der Waals surface area contributed by atoms with Crippen LogP contribution in [0, 0.1) is 5.82 Å². The maximum absolute atomic E-state index is 13.6. The minimum Gasteiger partial charge on any atom is -0.494 e. The van der Waals surface area contributed by atoms with Gasteiger partial charge >= 0.3 is 0 Å². The van der Waals surface area contributed by atoms with Gasteiger partial charge in [0.05, 0.1) is 12.1 Å². The highest BCUT2D eigenvalue weighted by Gasteiger charge is 2.10. The first-order valence-electron chi connectivity index (χ1n) is 4.05. The summed E-state index contributed by atoms with van der Waals surface area (Å²) in [4.78, 5) is 10.5. The van der Waals surface area contributed by atoms with E-state index in [0.29, 0.717) is 0 Å². The molecule has 0 aliphatic rings. The molecule has 0 radical (unpaired) electrons. The fourth-order valence-corrected chi connectivity index (χ4v) is 1.23. The molecule has 0 saturated carbocycles. The van der Waals surface area contributed by atoms with Crippen LogP contribution in [-0.2, 0) is 4.79 Å². The SMILES string of the molecule is COc1ccc(Cl)c(C=CC(N)=O)c1F. The lowest BCUT2D eigenvalue weighted by Crippen LogP contribution is -2.05. The molecule has 3 nitrogen and oxygen atoms in total. The van der Waals surface area contributed by atoms with Crippen molar-refractivity contribution in [2.24, 2.45) is 5.73 Å². The zero-order valence-electron chi connectivity index (χ0n) is 7.96. The Labute approximate surface area is 91.3 Å². The summed E-state index contributed by atoms with van der Waals surface area (Å²) in [5, 5.41) is 0.186. The second-order valence-corrected chi connectivity index (χ2v) is 3.12. The summed E-state index contributed by atoms with van der Waals surface area (Å²) in [5.41, 5.74) is 4.97. The van der Waals surface area contributed by atoms with E-state index in [1.807, 2.05) is 0 Å². The van der Waals surface area contributed by atoms with Crippen molar-refractivity contribution in [3.05, 3.63) is 34.6 Å². The molecule has 1 amide bonds. The fourth-order valence-electron chi connectivity index (χ4n) is 1.03. The Morgan fingerprint density at radius 2 is 2.27 bits per heavy atom. The standard InChI is InChI=1S/C10H9ClFNO2/c1-15-8-4-3-7(11)6(10(8)12)2-5-9(13)14/h2-5H,1H3,(H2,13,14). The van der Waals surface area contributed by atoms with Crippen LogP contribution >= 0.6 is 11.6 Å². The Morgan fingerprint density at radius 3 is 2.80 bits per heavy atom. The number of carbonyl (C=O) groups excluding carboxylic acids is 1. The van der Waals surface area contributed by atoms with E-state index < -0.39 is 11.7 Å². The van der Waals surface area contributed by atoms with Gasteiger partial charge in [-0.05, 0) is 18.2 Å². The second kappa shape index (κ2) is 4.79. The van der Waals surface area contributed by atoms with Gasteiger partial charge in [0.15, 0.2) is 11.6 Å². The molecule has 2 N–H and O–H groups in total. The van der Waals surface area contributed by atoms with Crippen LogP contribution in [0.2, 0.25) is 5.02 Å². The number of primary amides is 1. The number of carbonyl (C=O) groups is 1. The van der Waals surface area contributed by atoms with Crippen LogP contribution in [0.25, 0.3) is 6.08 Å². The highest BCUT2D eigenvalue weighted by molar-refractivity contribution is 6.32. The summed E-state index contributed by atoms with van der Waals surface area (Å²) in [5.74, 6) is -1.24. The lowest BCUT2D eigenvalue weighted by atomic mass is 10.2. The van der Waals surface area contributed by atoms with E-state index in [1.54, 1.807) is 0 Å². The van der Waals surface area contributed by atoms with Gasteiger partial charge in [-0.15, -0.1) is 0 Å². The van der Waals surface area contributed by atoms with Gasteiger partial charge in [-0.1, -0.05) is 11.6 Å². The number of halogens is 2. The van der Waals surface area contributed by atoms with Crippen molar-refractivity contribution in [1.29, 1.82) is 0 Å². The molecular weight excluding hydrogens is 221 g/mol. The number of amides is 1. The Balaban J connectivity index is 3.21. The zero-order valence-corrected chi connectivity index (χ0v) is 8.72. The summed E-state index contributed by atoms with van der Waals surface area (Å²) >= 11 is 5.74. The van der Waals surface area contributed by atoms with E-state index >= 15 is 0 Å². The normalized spacial score (nSPS) is 10.6. The lowest BCUT2D eigenvalue weighted by molar-refractivity contribution is -0.113. The molecule has 1 aromatic carbocycles. The summed E-state index contributed by atoms with van der Waals surface area (Å²) in [6, 6.07) is 2.88. The Bertz CT molecular complexity index is 418. The molecule has 5 heteroatoms. The van der Waals surface area contributed by atoms with Crippen LogP contribution < -0.4 is 10.5 Å².